The molecule has 1 aromatic carbocycles. The Kier molecular flexibility index (Phi) is 6.30. The number of ether oxygens (including phenoxy) is 1. The quantitative estimate of drug-likeness (QED) is 0.930. The van der Waals surface area contributed by atoms with E-state index in [2.05, 4.69) is 6.92 Å². The van der Waals surface area contributed by atoms with Crippen molar-refractivity contribution in [2.24, 2.45) is 5.73 Å². The molecule has 0 radical (unpaired) electrons. The molecule has 1 atom stereocenters. The SMILES string of the molecule is Cc1ccc(OC2CCN(C(=O)[C@@H](C)N)CC2)cc1.Cl. The van der Waals surface area contributed by atoms with E-state index in [1.807, 2.05) is 29.2 Å². The van der Waals surface area contributed by atoms with Crippen molar-refractivity contribution in [1.82, 2.24) is 4.90 Å². The minimum absolute atomic E-state index is 0. The Labute approximate surface area is 126 Å². The Balaban J connectivity index is 0.00000200. The predicted molar refractivity (Wildman–Crippen MR) is 82.3 cm³/mol. The third-order valence-electron chi connectivity index (χ3n) is 3.47. The molecule has 0 unspecified atom stereocenters. The average Bonchev–Trinajstić information content (AvgIpc) is 2.41. The molecule has 0 aromatic heterocycles. The molecule has 112 valence electrons. The highest BCUT2D eigenvalue weighted by Crippen LogP contribution is 2.19. The molecule has 2 rings (SSSR count). The fourth-order valence-corrected chi connectivity index (χ4v) is 2.29. The van der Waals surface area contributed by atoms with Crippen LogP contribution in [0.4, 0.5) is 0 Å². The number of likely N-dealkylation sites (tertiary alicyclic amines) is 1. The first-order valence-corrected chi connectivity index (χ1v) is 6.84. The van der Waals surface area contributed by atoms with E-state index in [0.717, 1.165) is 31.7 Å². The van der Waals surface area contributed by atoms with Crippen LogP contribution < -0.4 is 10.5 Å². The lowest BCUT2D eigenvalue weighted by Crippen LogP contribution is -2.47. The number of piperidine rings is 1. The summed E-state index contributed by atoms with van der Waals surface area (Å²) in [4.78, 5) is 13.6. The second-order valence-corrected chi connectivity index (χ2v) is 5.24. The number of aryl methyl sites for hydroxylation is 1. The molecule has 4 nitrogen and oxygen atoms in total. The summed E-state index contributed by atoms with van der Waals surface area (Å²) in [5.74, 6) is 0.941. The lowest BCUT2D eigenvalue weighted by molar-refractivity contribution is -0.133. The second kappa shape index (κ2) is 7.50. The molecule has 0 spiro atoms. The number of hydrogen-bond acceptors (Lipinski definition) is 3. The average molecular weight is 299 g/mol. The second-order valence-electron chi connectivity index (χ2n) is 5.24. The zero-order chi connectivity index (χ0) is 13.8. The van der Waals surface area contributed by atoms with E-state index >= 15 is 0 Å². The molecule has 1 saturated heterocycles. The highest BCUT2D eigenvalue weighted by molar-refractivity contribution is 5.85. The first-order valence-electron chi connectivity index (χ1n) is 6.84. The minimum Gasteiger partial charge on any atom is -0.490 e. The fourth-order valence-electron chi connectivity index (χ4n) is 2.29. The lowest BCUT2D eigenvalue weighted by atomic mass is 10.1. The van der Waals surface area contributed by atoms with Crippen LogP contribution >= 0.6 is 12.4 Å². The number of amides is 1. The van der Waals surface area contributed by atoms with E-state index in [1.54, 1.807) is 6.92 Å². The fraction of sp³-hybridized carbons (Fsp3) is 0.533. The molecule has 1 aromatic rings. The van der Waals surface area contributed by atoms with Crippen LogP contribution in [0.15, 0.2) is 24.3 Å². The van der Waals surface area contributed by atoms with Gasteiger partial charge in [-0.25, -0.2) is 0 Å². The van der Waals surface area contributed by atoms with Gasteiger partial charge in [0.25, 0.3) is 0 Å². The van der Waals surface area contributed by atoms with Gasteiger partial charge >= 0.3 is 0 Å². The van der Waals surface area contributed by atoms with Gasteiger partial charge in [-0.3, -0.25) is 4.79 Å². The van der Waals surface area contributed by atoms with E-state index in [4.69, 9.17) is 10.5 Å². The van der Waals surface area contributed by atoms with E-state index in [-0.39, 0.29) is 24.4 Å². The van der Waals surface area contributed by atoms with Crippen molar-refractivity contribution >= 4 is 18.3 Å². The molecular weight excluding hydrogens is 276 g/mol. The monoisotopic (exact) mass is 298 g/mol. The summed E-state index contributed by atoms with van der Waals surface area (Å²) >= 11 is 0. The van der Waals surface area contributed by atoms with Crippen LogP contribution in [-0.2, 0) is 4.79 Å². The van der Waals surface area contributed by atoms with Crippen LogP contribution in [0.1, 0.15) is 25.3 Å². The third kappa shape index (κ3) is 4.39. The highest BCUT2D eigenvalue weighted by Gasteiger charge is 2.25. The van der Waals surface area contributed by atoms with Gasteiger partial charge in [-0.05, 0) is 26.0 Å². The molecule has 0 bridgehead atoms. The van der Waals surface area contributed by atoms with Crippen LogP contribution in [0.3, 0.4) is 0 Å². The molecule has 1 fully saturated rings. The van der Waals surface area contributed by atoms with Crippen molar-refractivity contribution in [3.8, 4) is 5.75 Å². The van der Waals surface area contributed by atoms with Crippen LogP contribution in [0.5, 0.6) is 5.75 Å². The van der Waals surface area contributed by atoms with E-state index in [9.17, 15) is 4.79 Å². The largest absolute Gasteiger partial charge is 0.490 e. The molecule has 1 aliphatic rings. The Morgan fingerprint density at radius 1 is 1.30 bits per heavy atom. The van der Waals surface area contributed by atoms with E-state index in [1.165, 1.54) is 5.56 Å². The first-order chi connectivity index (χ1) is 9.06. The zero-order valence-corrected chi connectivity index (χ0v) is 12.9. The summed E-state index contributed by atoms with van der Waals surface area (Å²) < 4.78 is 5.93. The van der Waals surface area contributed by atoms with Gasteiger partial charge in [-0.1, -0.05) is 17.7 Å². The number of carbonyl (C=O) groups excluding carboxylic acids is 1. The maximum atomic E-state index is 11.8. The number of hydrogen-bond donors (Lipinski definition) is 1. The molecule has 0 aliphatic carbocycles. The molecule has 1 amide bonds. The van der Waals surface area contributed by atoms with Gasteiger partial charge in [0.05, 0.1) is 6.04 Å². The van der Waals surface area contributed by atoms with Crippen LogP contribution in [-0.4, -0.2) is 36.0 Å². The molecule has 5 heteroatoms. The summed E-state index contributed by atoms with van der Waals surface area (Å²) in [6, 6.07) is 7.67. The summed E-state index contributed by atoms with van der Waals surface area (Å²) in [5, 5.41) is 0. The number of benzene rings is 1. The molecule has 1 aliphatic heterocycles. The number of nitrogens with two attached hydrogens (primary N) is 1. The topological polar surface area (TPSA) is 55.6 Å². The Hall–Kier alpha value is -1.26. The van der Waals surface area contributed by atoms with Crippen molar-refractivity contribution in [2.45, 2.75) is 38.8 Å². The lowest BCUT2D eigenvalue weighted by Gasteiger charge is -2.33. The number of nitrogens with zero attached hydrogens (tertiary/aromatic N) is 1. The van der Waals surface area contributed by atoms with Crippen molar-refractivity contribution in [1.29, 1.82) is 0 Å². The molecule has 2 N–H and O–H groups in total. The van der Waals surface area contributed by atoms with Gasteiger partial charge in [0, 0.05) is 25.9 Å². The highest BCUT2D eigenvalue weighted by atomic mass is 35.5. The maximum Gasteiger partial charge on any atom is 0.239 e. The molecule has 1 heterocycles. The summed E-state index contributed by atoms with van der Waals surface area (Å²) in [5.41, 5.74) is 6.84. The molecule has 0 saturated carbocycles. The van der Waals surface area contributed by atoms with Gasteiger partial charge in [0.2, 0.25) is 5.91 Å². The van der Waals surface area contributed by atoms with Crippen molar-refractivity contribution < 1.29 is 9.53 Å². The summed E-state index contributed by atoms with van der Waals surface area (Å²) in [7, 11) is 0. The minimum atomic E-state index is -0.408. The number of rotatable bonds is 3. The predicted octanol–water partition coefficient (Wildman–Crippen LogP) is 2.13. The summed E-state index contributed by atoms with van der Waals surface area (Å²) in [6.07, 6.45) is 1.93. The Morgan fingerprint density at radius 3 is 2.35 bits per heavy atom. The first kappa shape index (κ1) is 16.8. The third-order valence-corrected chi connectivity index (χ3v) is 3.47. The van der Waals surface area contributed by atoms with Crippen molar-refractivity contribution in [3.63, 3.8) is 0 Å². The van der Waals surface area contributed by atoms with Crippen LogP contribution in [0.25, 0.3) is 0 Å². The number of carbonyl (C=O) groups is 1. The van der Waals surface area contributed by atoms with Crippen molar-refractivity contribution in [3.05, 3.63) is 29.8 Å². The van der Waals surface area contributed by atoms with Crippen molar-refractivity contribution in [2.75, 3.05) is 13.1 Å². The molecular formula is C15H23ClN2O2. The van der Waals surface area contributed by atoms with E-state index in [0.29, 0.717) is 0 Å². The van der Waals surface area contributed by atoms with Crippen LogP contribution in [0, 0.1) is 6.92 Å². The standard InChI is InChI=1S/C15H22N2O2.ClH/c1-11-3-5-13(6-4-11)19-14-7-9-17(10-8-14)15(18)12(2)16;/h3-6,12,14H,7-10,16H2,1-2H3;1H/t12-;/m1./s1. The Bertz CT molecular complexity index is 426. The Morgan fingerprint density at radius 2 is 1.85 bits per heavy atom. The van der Waals surface area contributed by atoms with Gasteiger partial charge in [-0.15, -0.1) is 12.4 Å². The van der Waals surface area contributed by atoms with Gasteiger partial charge in [0.1, 0.15) is 11.9 Å². The van der Waals surface area contributed by atoms with Gasteiger partial charge in [-0.2, -0.15) is 0 Å². The normalized spacial score (nSPS) is 17.2. The van der Waals surface area contributed by atoms with E-state index < -0.39 is 6.04 Å². The zero-order valence-electron chi connectivity index (χ0n) is 12.0. The maximum absolute atomic E-state index is 11.8. The van der Waals surface area contributed by atoms with Gasteiger partial charge < -0.3 is 15.4 Å². The molecule has 20 heavy (non-hydrogen) atoms. The summed E-state index contributed by atoms with van der Waals surface area (Å²) in [6.45, 7) is 5.26. The smallest absolute Gasteiger partial charge is 0.239 e. The van der Waals surface area contributed by atoms with Crippen LogP contribution in [0.2, 0.25) is 0 Å². The number of halogens is 1. The van der Waals surface area contributed by atoms with Gasteiger partial charge in [0.15, 0.2) is 0 Å².